The highest BCUT2D eigenvalue weighted by Gasteiger charge is 2.12. The Morgan fingerprint density at radius 1 is 1.04 bits per heavy atom. The van der Waals surface area contributed by atoms with Crippen molar-refractivity contribution < 1.29 is 9.84 Å². The second-order valence-electron chi connectivity index (χ2n) is 5.88. The van der Waals surface area contributed by atoms with Crippen molar-refractivity contribution in [3.8, 4) is 11.5 Å². The van der Waals surface area contributed by atoms with Crippen LogP contribution in [0.3, 0.4) is 0 Å². The largest absolute Gasteiger partial charge is 0.507 e. The quantitative estimate of drug-likeness (QED) is 0.654. The Kier molecular flexibility index (Phi) is 7.27. The molecular weight excluding hydrogens is 310 g/mol. The van der Waals surface area contributed by atoms with Crippen LogP contribution in [0.4, 0.5) is 0 Å². The summed E-state index contributed by atoms with van der Waals surface area (Å²) in [6.07, 6.45) is 6.69. The Morgan fingerprint density at radius 2 is 1.72 bits per heavy atom. The third kappa shape index (κ3) is 5.21. The number of phenols is 1. The average Bonchev–Trinajstić information content (AvgIpc) is 2.62. The van der Waals surface area contributed by atoms with E-state index in [0.29, 0.717) is 23.6 Å². The van der Waals surface area contributed by atoms with Crippen LogP contribution in [-0.2, 0) is 12.8 Å². The number of ether oxygens (including phenoxy) is 1. The van der Waals surface area contributed by atoms with E-state index in [1.807, 2.05) is 26.0 Å². The highest BCUT2D eigenvalue weighted by molar-refractivity contribution is 5.79. The van der Waals surface area contributed by atoms with Crippen molar-refractivity contribution >= 4 is 11.9 Å². The second-order valence-corrected chi connectivity index (χ2v) is 5.88. The number of benzene rings is 2. The number of hydrogen-bond acceptors (Lipinski definition) is 3. The molecule has 25 heavy (non-hydrogen) atoms. The van der Waals surface area contributed by atoms with Gasteiger partial charge in [-0.2, -0.15) is 0 Å². The number of aromatic hydroxyl groups is 1. The number of hydrogen-bond donors (Lipinski definition) is 1. The van der Waals surface area contributed by atoms with Crippen LogP contribution >= 0.6 is 0 Å². The van der Waals surface area contributed by atoms with Gasteiger partial charge >= 0.3 is 0 Å². The first-order valence-electron chi connectivity index (χ1n) is 8.87. The lowest BCUT2D eigenvalue weighted by Gasteiger charge is -2.13. The fourth-order valence-electron chi connectivity index (χ4n) is 2.76. The summed E-state index contributed by atoms with van der Waals surface area (Å²) in [5.74, 6) is 0.835. The average molecular weight is 337 g/mol. The van der Waals surface area contributed by atoms with Gasteiger partial charge in [-0.15, -0.1) is 0 Å². The van der Waals surface area contributed by atoms with E-state index in [-0.39, 0.29) is 5.75 Å². The van der Waals surface area contributed by atoms with Crippen molar-refractivity contribution in [2.45, 2.75) is 40.0 Å². The Labute approximate surface area is 150 Å². The van der Waals surface area contributed by atoms with E-state index in [4.69, 9.17) is 4.74 Å². The van der Waals surface area contributed by atoms with E-state index in [9.17, 15) is 5.11 Å². The van der Waals surface area contributed by atoms with Gasteiger partial charge in [-0.05, 0) is 43.5 Å². The van der Waals surface area contributed by atoms with E-state index in [1.165, 1.54) is 11.1 Å². The molecule has 0 aromatic heterocycles. The van der Waals surface area contributed by atoms with Gasteiger partial charge in [0.25, 0.3) is 0 Å². The molecule has 2 aromatic carbocycles. The van der Waals surface area contributed by atoms with Gasteiger partial charge in [0.2, 0.25) is 0 Å². The fraction of sp³-hybridized carbons (Fsp3) is 0.318. The highest BCUT2D eigenvalue weighted by Crippen LogP contribution is 2.34. The third-order valence-corrected chi connectivity index (χ3v) is 4.01. The molecule has 0 heterocycles. The first kappa shape index (κ1) is 18.8. The zero-order chi connectivity index (χ0) is 18.1. The SMILES string of the molecule is CC=NC(=CC)c1c(O)cccc1OCCc1ccc(CCC)cc1. The van der Waals surface area contributed by atoms with Crippen molar-refractivity contribution in [2.75, 3.05) is 6.61 Å². The number of nitrogens with zero attached hydrogens (tertiary/aromatic N) is 1. The van der Waals surface area contributed by atoms with Gasteiger partial charge < -0.3 is 9.84 Å². The zero-order valence-corrected chi connectivity index (χ0v) is 15.3. The van der Waals surface area contributed by atoms with Crippen LogP contribution in [0.1, 0.15) is 43.9 Å². The minimum Gasteiger partial charge on any atom is -0.507 e. The minimum atomic E-state index is 0.181. The van der Waals surface area contributed by atoms with E-state index in [1.54, 1.807) is 18.3 Å². The lowest BCUT2D eigenvalue weighted by atomic mass is 10.1. The normalized spacial score (nSPS) is 11.9. The molecule has 0 bridgehead atoms. The number of allylic oxidation sites excluding steroid dienone is 1. The summed E-state index contributed by atoms with van der Waals surface area (Å²) in [7, 11) is 0. The summed E-state index contributed by atoms with van der Waals surface area (Å²) in [6.45, 7) is 6.50. The Hall–Kier alpha value is -2.55. The summed E-state index contributed by atoms with van der Waals surface area (Å²) >= 11 is 0. The monoisotopic (exact) mass is 337 g/mol. The molecule has 2 aromatic rings. The lowest BCUT2D eigenvalue weighted by molar-refractivity contribution is 0.319. The van der Waals surface area contributed by atoms with Gasteiger partial charge in [-0.25, -0.2) is 0 Å². The topological polar surface area (TPSA) is 41.8 Å². The smallest absolute Gasteiger partial charge is 0.132 e. The maximum atomic E-state index is 10.2. The summed E-state index contributed by atoms with van der Waals surface area (Å²) in [4.78, 5) is 4.32. The summed E-state index contributed by atoms with van der Waals surface area (Å²) in [5, 5.41) is 10.2. The molecule has 0 unspecified atom stereocenters. The van der Waals surface area contributed by atoms with Gasteiger partial charge in [0.15, 0.2) is 0 Å². The lowest BCUT2D eigenvalue weighted by Crippen LogP contribution is -2.03. The van der Waals surface area contributed by atoms with Crippen molar-refractivity contribution in [2.24, 2.45) is 4.99 Å². The first-order valence-corrected chi connectivity index (χ1v) is 8.87. The molecule has 3 heteroatoms. The Balaban J connectivity index is 2.07. The van der Waals surface area contributed by atoms with Crippen molar-refractivity contribution in [1.82, 2.24) is 0 Å². The van der Waals surface area contributed by atoms with Crippen LogP contribution in [0.2, 0.25) is 0 Å². The highest BCUT2D eigenvalue weighted by atomic mass is 16.5. The molecule has 0 radical (unpaired) electrons. The van der Waals surface area contributed by atoms with E-state index < -0.39 is 0 Å². The van der Waals surface area contributed by atoms with Crippen LogP contribution in [0.25, 0.3) is 5.70 Å². The molecule has 0 amide bonds. The van der Waals surface area contributed by atoms with Crippen LogP contribution in [0.15, 0.2) is 53.5 Å². The summed E-state index contributed by atoms with van der Waals surface area (Å²) in [6, 6.07) is 14.0. The number of aliphatic imine (C=N–C) groups is 1. The Bertz CT molecular complexity index is 730. The van der Waals surface area contributed by atoms with E-state index in [2.05, 4.69) is 36.2 Å². The molecule has 2 rings (SSSR count). The molecular formula is C22H27NO2. The molecule has 0 aliphatic heterocycles. The molecule has 132 valence electrons. The fourth-order valence-corrected chi connectivity index (χ4v) is 2.76. The zero-order valence-electron chi connectivity index (χ0n) is 15.3. The number of phenolic OH excluding ortho intramolecular Hbond substituents is 1. The predicted molar refractivity (Wildman–Crippen MR) is 106 cm³/mol. The van der Waals surface area contributed by atoms with Gasteiger partial charge in [0, 0.05) is 12.6 Å². The van der Waals surface area contributed by atoms with Gasteiger partial charge in [0.1, 0.15) is 11.5 Å². The molecule has 3 nitrogen and oxygen atoms in total. The maximum absolute atomic E-state index is 10.2. The second kappa shape index (κ2) is 9.67. The van der Waals surface area contributed by atoms with Gasteiger partial charge in [0.05, 0.1) is 17.9 Å². The number of rotatable bonds is 8. The van der Waals surface area contributed by atoms with Crippen molar-refractivity contribution in [1.29, 1.82) is 0 Å². The standard InChI is InChI=1S/C22H27NO2/c1-4-8-17-11-13-18(14-12-17)15-16-25-21-10-7-9-20(24)22(21)19(5-2)23-6-3/h5-7,9-14,24H,4,8,15-16H2,1-3H3. The van der Waals surface area contributed by atoms with Gasteiger partial charge in [-0.3, -0.25) is 4.99 Å². The van der Waals surface area contributed by atoms with Crippen LogP contribution < -0.4 is 4.74 Å². The van der Waals surface area contributed by atoms with Crippen LogP contribution in [0.5, 0.6) is 11.5 Å². The molecule has 0 spiro atoms. The molecule has 0 aliphatic carbocycles. The molecule has 0 saturated carbocycles. The first-order chi connectivity index (χ1) is 12.2. The number of aryl methyl sites for hydroxylation is 1. The predicted octanol–water partition coefficient (Wildman–Crippen LogP) is 5.42. The third-order valence-electron chi connectivity index (χ3n) is 4.01. The minimum absolute atomic E-state index is 0.181. The van der Waals surface area contributed by atoms with Crippen molar-refractivity contribution in [3.05, 3.63) is 65.2 Å². The molecule has 0 atom stereocenters. The Morgan fingerprint density at radius 3 is 2.32 bits per heavy atom. The molecule has 0 aliphatic rings. The molecule has 0 fully saturated rings. The maximum Gasteiger partial charge on any atom is 0.132 e. The van der Waals surface area contributed by atoms with Crippen molar-refractivity contribution in [3.63, 3.8) is 0 Å². The van der Waals surface area contributed by atoms with Crippen LogP contribution in [-0.4, -0.2) is 17.9 Å². The van der Waals surface area contributed by atoms with E-state index >= 15 is 0 Å². The summed E-state index contributed by atoms with van der Waals surface area (Å²) < 4.78 is 5.95. The summed E-state index contributed by atoms with van der Waals surface area (Å²) in [5.41, 5.74) is 3.97. The molecule has 1 N–H and O–H groups in total. The van der Waals surface area contributed by atoms with Crippen LogP contribution in [0, 0.1) is 0 Å². The molecule has 0 saturated heterocycles. The van der Waals surface area contributed by atoms with E-state index in [0.717, 1.165) is 19.3 Å². The van der Waals surface area contributed by atoms with Gasteiger partial charge in [-0.1, -0.05) is 49.8 Å².